The second-order valence-corrected chi connectivity index (χ2v) is 4.74. The molecule has 6 nitrogen and oxygen atoms in total. The van der Waals surface area contributed by atoms with E-state index in [9.17, 15) is 19.8 Å². The first-order valence-electron chi connectivity index (χ1n) is 5.57. The number of aromatic hydroxyl groups is 1. The van der Waals surface area contributed by atoms with Gasteiger partial charge in [0.05, 0.1) is 12.2 Å². The van der Waals surface area contributed by atoms with Crippen LogP contribution in [0.5, 0.6) is 5.75 Å². The normalized spacial score (nSPS) is 22.2. The van der Waals surface area contributed by atoms with E-state index >= 15 is 0 Å². The van der Waals surface area contributed by atoms with Gasteiger partial charge in [0.25, 0.3) is 5.91 Å². The molecule has 1 aliphatic rings. The van der Waals surface area contributed by atoms with E-state index in [-0.39, 0.29) is 36.0 Å². The Bertz CT molecular complexity index is 525. The first-order valence-corrected chi connectivity index (χ1v) is 5.94. The molecule has 1 unspecified atom stereocenters. The largest absolute Gasteiger partial charge is 0.507 e. The molecule has 1 fully saturated rings. The van der Waals surface area contributed by atoms with Gasteiger partial charge in [-0.1, -0.05) is 11.6 Å². The number of ether oxygens (including phenoxy) is 1. The summed E-state index contributed by atoms with van der Waals surface area (Å²) in [6.07, 6.45) is 0.176. The monoisotopic (exact) mass is 285 g/mol. The molecule has 3 N–H and O–H groups in total. The number of halogens is 1. The molecule has 1 aromatic rings. The molecule has 0 aliphatic carbocycles. The molecule has 0 radical (unpaired) electrons. The van der Waals surface area contributed by atoms with Crippen molar-refractivity contribution in [3.63, 3.8) is 0 Å². The summed E-state index contributed by atoms with van der Waals surface area (Å²) >= 11 is 5.74. The Labute approximate surface area is 113 Å². The number of carbonyl (C=O) groups excluding carboxylic acids is 1. The van der Waals surface area contributed by atoms with Gasteiger partial charge in [0.15, 0.2) is 5.54 Å². The summed E-state index contributed by atoms with van der Waals surface area (Å²) < 4.78 is 5.03. The average molecular weight is 286 g/mol. The van der Waals surface area contributed by atoms with Crippen molar-refractivity contribution < 1.29 is 24.5 Å². The highest BCUT2D eigenvalue weighted by molar-refractivity contribution is 6.31. The lowest BCUT2D eigenvalue weighted by Crippen LogP contribution is -2.55. The number of carbonyl (C=O) groups is 2. The quantitative estimate of drug-likeness (QED) is 0.770. The van der Waals surface area contributed by atoms with E-state index in [0.717, 1.165) is 0 Å². The predicted octanol–water partition coefficient (Wildman–Crippen LogP) is 1.02. The van der Waals surface area contributed by atoms with Crippen LogP contribution in [0.25, 0.3) is 0 Å². The van der Waals surface area contributed by atoms with Gasteiger partial charge in [-0.05, 0) is 18.2 Å². The molecule has 19 heavy (non-hydrogen) atoms. The van der Waals surface area contributed by atoms with Crippen LogP contribution in [0.15, 0.2) is 18.2 Å². The number of phenols is 1. The molecule has 0 bridgehead atoms. The summed E-state index contributed by atoms with van der Waals surface area (Å²) in [7, 11) is 0. The molecule has 1 aromatic carbocycles. The first kappa shape index (κ1) is 13.6. The molecular formula is C12H12ClNO5. The van der Waals surface area contributed by atoms with Crippen LogP contribution in [-0.2, 0) is 9.53 Å². The Hall–Kier alpha value is -1.79. The minimum atomic E-state index is -1.45. The zero-order valence-electron chi connectivity index (χ0n) is 9.85. The van der Waals surface area contributed by atoms with Crippen molar-refractivity contribution in [2.24, 2.45) is 0 Å². The number of carboxylic acids is 1. The van der Waals surface area contributed by atoms with E-state index in [1.807, 2.05) is 0 Å². The molecule has 7 heteroatoms. The van der Waals surface area contributed by atoms with Gasteiger partial charge in [-0.15, -0.1) is 0 Å². The maximum absolute atomic E-state index is 12.0. The van der Waals surface area contributed by atoms with Gasteiger partial charge in [0.1, 0.15) is 5.75 Å². The molecule has 0 aromatic heterocycles. The Balaban J connectivity index is 2.25. The van der Waals surface area contributed by atoms with Crippen molar-refractivity contribution in [2.75, 3.05) is 13.2 Å². The van der Waals surface area contributed by atoms with Gasteiger partial charge in [-0.25, -0.2) is 4.79 Å². The number of nitrogens with one attached hydrogen (secondary N) is 1. The third-order valence-electron chi connectivity index (χ3n) is 2.99. The van der Waals surface area contributed by atoms with Gasteiger partial charge in [0.2, 0.25) is 0 Å². The molecule has 1 amide bonds. The Morgan fingerprint density at radius 3 is 2.74 bits per heavy atom. The number of hydrogen-bond donors (Lipinski definition) is 3. The molecule has 1 saturated heterocycles. The molecule has 102 valence electrons. The number of phenolic OH excluding ortho intramolecular Hbond substituents is 1. The number of carboxylic acid groups (broad SMARTS) is 1. The van der Waals surface area contributed by atoms with Crippen LogP contribution in [0.3, 0.4) is 0 Å². The summed E-state index contributed by atoms with van der Waals surface area (Å²) in [6, 6.07) is 3.98. The van der Waals surface area contributed by atoms with Crippen LogP contribution in [0, 0.1) is 0 Å². The molecule has 2 rings (SSSR count). The molecule has 1 aliphatic heterocycles. The molecule has 1 heterocycles. The van der Waals surface area contributed by atoms with Crippen LogP contribution in [0.2, 0.25) is 5.02 Å². The number of hydrogen-bond acceptors (Lipinski definition) is 4. The number of rotatable bonds is 3. The van der Waals surface area contributed by atoms with Gasteiger partial charge in [0, 0.05) is 18.1 Å². The van der Waals surface area contributed by atoms with Crippen molar-refractivity contribution in [3.8, 4) is 5.75 Å². The number of amides is 1. The summed E-state index contributed by atoms with van der Waals surface area (Å²) in [4.78, 5) is 23.3. The van der Waals surface area contributed by atoms with Gasteiger partial charge in [-0.3, -0.25) is 4.79 Å². The smallest absolute Gasteiger partial charge is 0.331 e. The summed E-state index contributed by atoms with van der Waals surface area (Å²) in [5.41, 5.74) is -1.52. The van der Waals surface area contributed by atoms with E-state index < -0.39 is 17.4 Å². The first-order chi connectivity index (χ1) is 8.94. The third-order valence-corrected chi connectivity index (χ3v) is 3.22. The zero-order valence-corrected chi connectivity index (χ0v) is 10.6. The van der Waals surface area contributed by atoms with Gasteiger partial charge < -0.3 is 20.3 Å². The maximum Gasteiger partial charge on any atom is 0.331 e. The molecule has 0 saturated carbocycles. The standard InChI is InChI=1S/C12H12ClNO5/c13-7-1-2-9(15)8(5-7)10(16)14-12(11(17)18)3-4-19-6-12/h1-2,5,15H,3-4,6H2,(H,14,16)(H,17,18). The number of aliphatic carboxylic acids is 1. The second-order valence-electron chi connectivity index (χ2n) is 4.31. The Kier molecular flexibility index (Phi) is 3.64. The summed E-state index contributed by atoms with van der Waals surface area (Å²) in [5, 5.41) is 21.5. The molecular weight excluding hydrogens is 274 g/mol. The van der Waals surface area contributed by atoms with E-state index in [4.69, 9.17) is 16.3 Å². The fourth-order valence-electron chi connectivity index (χ4n) is 1.86. The lowest BCUT2D eigenvalue weighted by molar-refractivity contribution is -0.144. The van der Waals surface area contributed by atoms with Crippen molar-refractivity contribution in [2.45, 2.75) is 12.0 Å². The highest BCUT2D eigenvalue weighted by Gasteiger charge is 2.44. The van der Waals surface area contributed by atoms with Crippen LogP contribution >= 0.6 is 11.6 Å². The second kappa shape index (κ2) is 5.07. The fraction of sp³-hybridized carbons (Fsp3) is 0.333. The summed E-state index contributed by atoms with van der Waals surface area (Å²) in [6.45, 7) is 0.156. The van der Waals surface area contributed by atoms with Crippen LogP contribution in [0.1, 0.15) is 16.8 Å². The average Bonchev–Trinajstić information content (AvgIpc) is 2.82. The zero-order chi connectivity index (χ0) is 14.0. The van der Waals surface area contributed by atoms with Crippen LogP contribution < -0.4 is 5.32 Å². The molecule has 1 atom stereocenters. The highest BCUT2D eigenvalue weighted by Crippen LogP contribution is 2.24. The number of benzene rings is 1. The Morgan fingerprint density at radius 2 is 2.16 bits per heavy atom. The Morgan fingerprint density at radius 1 is 1.42 bits per heavy atom. The van der Waals surface area contributed by atoms with E-state index in [0.29, 0.717) is 0 Å². The van der Waals surface area contributed by atoms with Crippen molar-refractivity contribution in [1.29, 1.82) is 0 Å². The van der Waals surface area contributed by atoms with Crippen molar-refractivity contribution in [1.82, 2.24) is 5.32 Å². The minimum absolute atomic E-state index is 0.0694. The fourth-order valence-corrected chi connectivity index (χ4v) is 2.03. The maximum atomic E-state index is 12.0. The third kappa shape index (κ3) is 2.64. The summed E-state index contributed by atoms with van der Waals surface area (Å²) in [5.74, 6) is -2.13. The van der Waals surface area contributed by atoms with E-state index in [2.05, 4.69) is 5.32 Å². The van der Waals surface area contributed by atoms with E-state index in [1.54, 1.807) is 0 Å². The SMILES string of the molecule is O=C(NC1(C(=O)O)CCOC1)c1cc(Cl)ccc1O. The molecule has 0 spiro atoms. The van der Waals surface area contributed by atoms with Crippen molar-refractivity contribution in [3.05, 3.63) is 28.8 Å². The van der Waals surface area contributed by atoms with Crippen LogP contribution in [-0.4, -0.2) is 40.8 Å². The minimum Gasteiger partial charge on any atom is -0.507 e. The van der Waals surface area contributed by atoms with Gasteiger partial charge in [-0.2, -0.15) is 0 Å². The van der Waals surface area contributed by atoms with Crippen molar-refractivity contribution >= 4 is 23.5 Å². The van der Waals surface area contributed by atoms with Crippen LogP contribution in [0.4, 0.5) is 0 Å². The van der Waals surface area contributed by atoms with E-state index in [1.165, 1.54) is 18.2 Å². The topological polar surface area (TPSA) is 95.9 Å². The highest BCUT2D eigenvalue weighted by atomic mass is 35.5. The lowest BCUT2D eigenvalue weighted by Gasteiger charge is -2.23. The van der Waals surface area contributed by atoms with Gasteiger partial charge >= 0.3 is 5.97 Å². The lowest BCUT2D eigenvalue weighted by atomic mass is 9.98. The predicted molar refractivity (Wildman–Crippen MR) is 66.4 cm³/mol.